The Balaban J connectivity index is 1.52. The van der Waals surface area contributed by atoms with Crippen LogP contribution >= 0.6 is 0 Å². The highest BCUT2D eigenvalue weighted by Crippen LogP contribution is 2.34. The van der Waals surface area contributed by atoms with Gasteiger partial charge in [-0.2, -0.15) is 10.1 Å². The van der Waals surface area contributed by atoms with E-state index in [-0.39, 0.29) is 35.4 Å². The van der Waals surface area contributed by atoms with E-state index in [1.165, 1.54) is 25.5 Å². The number of anilines is 2. The molecule has 3 aromatic rings. The van der Waals surface area contributed by atoms with E-state index < -0.39 is 10.7 Å². The number of methoxy groups -OCH3 is 1. The fourth-order valence-electron chi connectivity index (χ4n) is 3.40. The molecule has 0 atom stereocenters. The molecule has 4 rings (SSSR count). The second-order valence-corrected chi connectivity index (χ2v) is 7.43. The van der Waals surface area contributed by atoms with Crippen LogP contribution in [0.5, 0.6) is 11.5 Å². The van der Waals surface area contributed by atoms with Gasteiger partial charge in [0, 0.05) is 13.1 Å². The average molecular weight is 482 g/mol. The van der Waals surface area contributed by atoms with Crippen LogP contribution in [0.3, 0.4) is 0 Å². The minimum Gasteiger partial charge on any atom is -0.493 e. The molecule has 0 aliphatic carbocycles. The molecular weight excluding hydrogens is 459 g/mol. The summed E-state index contributed by atoms with van der Waals surface area (Å²) in [5.41, 5.74) is 3.44. The molecule has 1 fully saturated rings. The summed E-state index contributed by atoms with van der Waals surface area (Å²) in [6, 6.07) is 12.1. The Labute approximate surface area is 200 Å². The second-order valence-electron chi connectivity index (χ2n) is 7.43. The van der Waals surface area contributed by atoms with Gasteiger partial charge in [0.1, 0.15) is 6.61 Å². The predicted octanol–water partition coefficient (Wildman–Crippen LogP) is 3.39. The molecule has 0 unspecified atom stereocenters. The van der Waals surface area contributed by atoms with Crippen LogP contribution in [0.1, 0.15) is 11.1 Å². The number of nitro benzene ring substituents is 1. The number of morpholine rings is 1. The SMILES string of the molecule is COc1cc(/C=N/Nc2ncc(F)c(N3CCOCC3)n2)c([N+](=O)[O-])cc1OCc1ccccc1. The van der Waals surface area contributed by atoms with Gasteiger partial charge in [-0.3, -0.25) is 10.1 Å². The third-order valence-corrected chi connectivity index (χ3v) is 5.15. The fourth-order valence-corrected chi connectivity index (χ4v) is 3.40. The Morgan fingerprint density at radius 2 is 2.03 bits per heavy atom. The Hall–Kier alpha value is -4.32. The van der Waals surface area contributed by atoms with Gasteiger partial charge in [-0.1, -0.05) is 30.3 Å². The molecule has 0 spiro atoms. The maximum atomic E-state index is 14.2. The Morgan fingerprint density at radius 1 is 1.26 bits per heavy atom. The van der Waals surface area contributed by atoms with Crippen molar-refractivity contribution in [3.63, 3.8) is 0 Å². The Kier molecular flexibility index (Phi) is 7.63. The van der Waals surface area contributed by atoms with Crippen LogP contribution in [0.25, 0.3) is 0 Å². The molecule has 2 aromatic carbocycles. The van der Waals surface area contributed by atoms with Crippen molar-refractivity contribution in [2.75, 3.05) is 43.7 Å². The summed E-state index contributed by atoms with van der Waals surface area (Å²) in [5, 5.41) is 15.7. The van der Waals surface area contributed by atoms with Crippen molar-refractivity contribution in [3.05, 3.63) is 75.7 Å². The molecule has 11 nitrogen and oxygen atoms in total. The number of nitrogens with one attached hydrogen (secondary N) is 1. The fraction of sp³-hybridized carbons (Fsp3) is 0.261. The number of nitrogens with zero attached hydrogens (tertiary/aromatic N) is 5. The molecule has 0 bridgehead atoms. The van der Waals surface area contributed by atoms with Crippen LogP contribution in [0, 0.1) is 15.9 Å². The molecule has 0 radical (unpaired) electrons. The standard InChI is InChI=1S/C23H23FN6O5/c1-33-20-11-17(19(30(31)32)12-21(20)35-15-16-5-3-2-4-6-16)13-26-28-23-25-14-18(24)22(27-23)29-7-9-34-10-8-29/h2-6,11-14H,7-10,15H2,1H3,(H,25,27,28)/b26-13+. The molecule has 1 aromatic heterocycles. The number of aromatic nitrogens is 2. The zero-order chi connectivity index (χ0) is 24.6. The minimum atomic E-state index is -0.562. The molecule has 182 valence electrons. The summed E-state index contributed by atoms with van der Waals surface area (Å²) >= 11 is 0. The van der Waals surface area contributed by atoms with E-state index >= 15 is 0 Å². The van der Waals surface area contributed by atoms with Crippen molar-refractivity contribution < 1.29 is 23.5 Å². The predicted molar refractivity (Wildman–Crippen MR) is 127 cm³/mol. The first-order valence-corrected chi connectivity index (χ1v) is 10.7. The van der Waals surface area contributed by atoms with Crippen LogP contribution < -0.4 is 19.8 Å². The maximum absolute atomic E-state index is 14.2. The average Bonchev–Trinajstić information content (AvgIpc) is 2.89. The first-order chi connectivity index (χ1) is 17.0. The molecule has 1 saturated heterocycles. The van der Waals surface area contributed by atoms with Gasteiger partial charge in [0.2, 0.25) is 5.95 Å². The van der Waals surface area contributed by atoms with Gasteiger partial charge < -0.3 is 19.1 Å². The number of hydrogen-bond donors (Lipinski definition) is 1. The van der Waals surface area contributed by atoms with Gasteiger partial charge in [-0.25, -0.2) is 14.8 Å². The maximum Gasteiger partial charge on any atom is 0.282 e. The van der Waals surface area contributed by atoms with Crippen molar-refractivity contribution in [1.82, 2.24) is 9.97 Å². The van der Waals surface area contributed by atoms with E-state index in [2.05, 4.69) is 20.5 Å². The molecule has 1 aliphatic heterocycles. The normalized spacial score (nSPS) is 13.6. The number of rotatable bonds is 9. The zero-order valence-corrected chi connectivity index (χ0v) is 18.9. The van der Waals surface area contributed by atoms with Crippen LogP contribution in [0.15, 0.2) is 53.8 Å². The largest absolute Gasteiger partial charge is 0.493 e. The first kappa shape index (κ1) is 23.8. The Bertz CT molecular complexity index is 1200. The van der Waals surface area contributed by atoms with Gasteiger partial charge in [0.15, 0.2) is 23.1 Å². The molecule has 2 heterocycles. The lowest BCUT2D eigenvalue weighted by atomic mass is 10.1. The number of hydrogen-bond acceptors (Lipinski definition) is 10. The molecule has 35 heavy (non-hydrogen) atoms. The Morgan fingerprint density at radius 3 is 2.74 bits per heavy atom. The summed E-state index contributed by atoms with van der Waals surface area (Å²) in [6.45, 7) is 2.17. The summed E-state index contributed by atoms with van der Waals surface area (Å²) in [5.74, 6) is 0.147. The molecule has 1 N–H and O–H groups in total. The molecule has 0 amide bonds. The topological polar surface area (TPSA) is 124 Å². The summed E-state index contributed by atoms with van der Waals surface area (Å²) in [7, 11) is 1.44. The van der Waals surface area contributed by atoms with Crippen molar-refractivity contribution in [3.8, 4) is 11.5 Å². The third kappa shape index (κ3) is 5.98. The van der Waals surface area contributed by atoms with Crippen LogP contribution in [-0.4, -0.2) is 54.5 Å². The van der Waals surface area contributed by atoms with Gasteiger partial charge in [0.25, 0.3) is 5.69 Å². The van der Waals surface area contributed by atoms with Crippen LogP contribution in [0.4, 0.5) is 21.8 Å². The lowest BCUT2D eigenvalue weighted by Crippen LogP contribution is -2.37. The highest BCUT2D eigenvalue weighted by Gasteiger charge is 2.20. The molecular formula is C23H23FN6O5. The first-order valence-electron chi connectivity index (χ1n) is 10.7. The second kappa shape index (κ2) is 11.2. The van der Waals surface area contributed by atoms with Crippen molar-refractivity contribution in [2.24, 2.45) is 5.10 Å². The lowest BCUT2D eigenvalue weighted by molar-refractivity contribution is -0.385. The summed E-state index contributed by atoms with van der Waals surface area (Å²) in [4.78, 5) is 20.9. The summed E-state index contributed by atoms with van der Waals surface area (Å²) < 4.78 is 30.6. The van der Waals surface area contributed by atoms with E-state index in [4.69, 9.17) is 14.2 Å². The quantitative estimate of drug-likeness (QED) is 0.278. The molecule has 0 saturated carbocycles. The smallest absolute Gasteiger partial charge is 0.282 e. The van der Waals surface area contributed by atoms with E-state index in [1.807, 2.05) is 30.3 Å². The van der Waals surface area contributed by atoms with Gasteiger partial charge in [0.05, 0.1) is 49.3 Å². The van der Waals surface area contributed by atoms with E-state index in [0.29, 0.717) is 32.1 Å². The van der Waals surface area contributed by atoms with E-state index in [1.54, 1.807) is 4.90 Å². The number of benzene rings is 2. The van der Waals surface area contributed by atoms with Crippen molar-refractivity contribution in [2.45, 2.75) is 6.61 Å². The van der Waals surface area contributed by atoms with E-state index in [9.17, 15) is 14.5 Å². The van der Waals surface area contributed by atoms with Gasteiger partial charge in [-0.15, -0.1) is 0 Å². The minimum absolute atomic E-state index is 0.0431. The monoisotopic (exact) mass is 482 g/mol. The van der Waals surface area contributed by atoms with Gasteiger partial charge >= 0.3 is 0 Å². The molecule has 12 heteroatoms. The van der Waals surface area contributed by atoms with Crippen molar-refractivity contribution >= 4 is 23.7 Å². The zero-order valence-electron chi connectivity index (χ0n) is 18.9. The lowest BCUT2D eigenvalue weighted by Gasteiger charge is -2.27. The molecule has 1 aliphatic rings. The van der Waals surface area contributed by atoms with Crippen LogP contribution in [-0.2, 0) is 11.3 Å². The number of nitro groups is 1. The number of hydrazone groups is 1. The summed E-state index contributed by atoms with van der Waals surface area (Å²) in [6.07, 6.45) is 2.28. The number of ether oxygens (including phenoxy) is 3. The third-order valence-electron chi connectivity index (χ3n) is 5.15. The van der Waals surface area contributed by atoms with Gasteiger partial charge in [-0.05, 0) is 11.6 Å². The number of halogens is 1. The van der Waals surface area contributed by atoms with Crippen LogP contribution in [0.2, 0.25) is 0 Å². The highest BCUT2D eigenvalue weighted by molar-refractivity contribution is 5.87. The highest BCUT2D eigenvalue weighted by atomic mass is 19.1. The van der Waals surface area contributed by atoms with E-state index in [0.717, 1.165) is 11.8 Å². The van der Waals surface area contributed by atoms with Crippen molar-refractivity contribution in [1.29, 1.82) is 0 Å².